The van der Waals surface area contributed by atoms with Gasteiger partial charge >= 0.3 is 0 Å². The van der Waals surface area contributed by atoms with Crippen LogP contribution in [-0.2, 0) is 23.7 Å². The number of hydrogen-bond donors (Lipinski definition) is 5. The largest absolute Gasteiger partial charge is 0.390 e. The van der Waals surface area contributed by atoms with Crippen molar-refractivity contribution in [1.82, 2.24) is 5.32 Å². The first kappa shape index (κ1) is 30.1. The Morgan fingerprint density at radius 2 is 1.88 bits per heavy atom. The number of aliphatic hydroxyl groups excluding tert-OH is 4. The molecule has 5 aliphatic rings. The summed E-state index contributed by atoms with van der Waals surface area (Å²) in [5.74, 6) is 0.279. The number of hydrogen-bond acceptors (Lipinski definition) is 9. The zero-order valence-corrected chi connectivity index (χ0v) is 24.3. The fourth-order valence-electron chi connectivity index (χ4n) is 7.53. The van der Waals surface area contributed by atoms with Crippen molar-refractivity contribution in [2.45, 2.75) is 102 Å². The van der Waals surface area contributed by atoms with E-state index in [9.17, 15) is 25.2 Å². The molecule has 0 spiro atoms. The highest BCUT2D eigenvalue weighted by Gasteiger charge is 2.52. The number of nitrogens with one attached hydrogen (secondary N) is 1. The number of amides is 1. The van der Waals surface area contributed by atoms with Gasteiger partial charge in [0, 0.05) is 25.0 Å². The highest BCUT2D eigenvalue weighted by atomic mass is 16.7. The van der Waals surface area contributed by atoms with E-state index in [1.54, 1.807) is 7.11 Å². The lowest BCUT2D eigenvalue weighted by atomic mass is 9.68. The molecule has 5 N–H and O–H groups in total. The Hall–Kier alpha value is -1.37. The van der Waals surface area contributed by atoms with Crippen LogP contribution in [0.25, 0.3) is 0 Å². The minimum absolute atomic E-state index is 0.0835. The summed E-state index contributed by atoms with van der Waals surface area (Å²) < 4.78 is 23.1. The minimum Gasteiger partial charge on any atom is -0.390 e. The van der Waals surface area contributed by atoms with Crippen LogP contribution in [0.2, 0.25) is 0 Å². The van der Waals surface area contributed by atoms with Crippen molar-refractivity contribution in [3.63, 3.8) is 0 Å². The lowest BCUT2D eigenvalue weighted by molar-refractivity contribution is -0.310. The number of allylic oxidation sites excluding steroid dienone is 2. The second-order valence-electron chi connectivity index (χ2n) is 13.0. The maximum Gasteiger partial charge on any atom is 0.251 e. The fraction of sp³-hybridized carbons (Fsp3) is 0.833. The van der Waals surface area contributed by atoms with Crippen LogP contribution in [0.1, 0.15) is 53.4 Å². The summed E-state index contributed by atoms with van der Waals surface area (Å²) in [6.45, 7) is 9.47. The van der Waals surface area contributed by atoms with E-state index in [0.29, 0.717) is 19.1 Å². The SMILES string of the molecule is COC[C@H]1CC[C@@H]2/C1=C\[C@@]1(C)CCC(C(C)C)=C1[C@@H](O[C@H]1O[C@@H](CNC(=O)C3CO3)C(O)C(O)C1O)[C@H](O)[C@@H]2C. The predicted octanol–water partition coefficient (Wildman–Crippen LogP) is 1.06. The highest BCUT2D eigenvalue weighted by molar-refractivity contribution is 5.82. The van der Waals surface area contributed by atoms with Crippen LogP contribution in [0, 0.1) is 29.1 Å². The van der Waals surface area contributed by atoms with E-state index in [0.717, 1.165) is 31.3 Å². The zero-order chi connectivity index (χ0) is 28.9. The van der Waals surface area contributed by atoms with E-state index < -0.39 is 49.0 Å². The number of rotatable bonds is 8. The lowest BCUT2D eigenvalue weighted by Gasteiger charge is -2.46. The van der Waals surface area contributed by atoms with E-state index in [2.05, 4.69) is 39.1 Å². The molecule has 3 aliphatic carbocycles. The Morgan fingerprint density at radius 3 is 2.52 bits per heavy atom. The first-order valence-corrected chi connectivity index (χ1v) is 14.8. The lowest BCUT2D eigenvalue weighted by Crippen LogP contribution is -2.62. The van der Waals surface area contributed by atoms with Gasteiger partial charge in [-0.2, -0.15) is 0 Å². The van der Waals surface area contributed by atoms with Crippen LogP contribution in [-0.4, -0.2) is 102 Å². The highest BCUT2D eigenvalue weighted by Crippen LogP contribution is 2.55. The summed E-state index contributed by atoms with van der Waals surface area (Å²) in [5, 5.41) is 46.9. The van der Waals surface area contributed by atoms with Gasteiger partial charge in [-0.25, -0.2) is 0 Å². The molecule has 5 rings (SSSR count). The summed E-state index contributed by atoms with van der Waals surface area (Å²) in [4.78, 5) is 12.1. The third-order valence-electron chi connectivity index (χ3n) is 9.97. The van der Waals surface area contributed by atoms with Crippen molar-refractivity contribution in [1.29, 1.82) is 0 Å². The number of methoxy groups -OCH3 is 1. The van der Waals surface area contributed by atoms with E-state index >= 15 is 0 Å². The Bertz CT molecular complexity index is 1010. The van der Waals surface area contributed by atoms with E-state index in [4.69, 9.17) is 18.9 Å². The molecule has 3 fully saturated rings. The predicted molar refractivity (Wildman–Crippen MR) is 145 cm³/mol. The zero-order valence-electron chi connectivity index (χ0n) is 24.3. The molecule has 226 valence electrons. The number of aliphatic hydroxyl groups is 4. The van der Waals surface area contributed by atoms with Crippen LogP contribution >= 0.6 is 0 Å². The second kappa shape index (κ2) is 11.7. The van der Waals surface area contributed by atoms with Crippen LogP contribution in [0.3, 0.4) is 0 Å². The quantitative estimate of drug-likeness (QED) is 0.215. The van der Waals surface area contributed by atoms with Crippen molar-refractivity contribution in [3.05, 3.63) is 22.8 Å². The van der Waals surface area contributed by atoms with Crippen LogP contribution in [0.5, 0.6) is 0 Å². The molecule has 2 heterocycles. The number of ether oxygens (including phenoxy) is 4. The maximum atomic E-state index is 12.1. The molecule has 0 aromatic heterocycles. The van der Waals surface area contributed by atoms with Gasteiger partial charge in [0.1, 0.15) is 30.5 Å². The first-order valence-electron chi connectivity index (χ1n) is 14.8. The molecular formula is C30H47NO9. The third-order valence-corrected chi connectivity index (χ3v) is 9.97. The summed E-state index contributed by atoms with van der Waals surface area (Å²) in [6, 6.07) is 0. The molecule has 1 amide bonds. The molecule has 0 aromatic rings. The Morgan fingerprint density at radius 1 is 1.15 bits per heavy atom. The van der Waals surface area contributed by atoms with Gasteiger partial charge in [0.2, 0.25) is 0 Å². The normalized spacial score (nSPS) is 46.4. The molecule has 0 bridgehead atoms. The standard InChI is InChI=1S/C30H47NO9/c1-14(2)17-8-9-30(4)10-19-16(12-37-5)6-7-18(19)15(3)23(32)27(22(17)30)40-29-26(35)25(34)24(33)20(39-29)11-31-28(36)21-13-38-21/h10,14-16,18,20-21,23-27,29,32-35H,6-9,11-13H2,1-5H3,(H,31,36)/b19-10-/t15-,16-,18+,20+,21?,23-,24?,25?,26?,27-,29-,30-/m1/s1. The minimum atomic E-state index is -1.55. The molecular weight excluding hydrogens is 518 g/mol. The first-order chi connectivity index (χ1) is 19.0. The summed E-state index contributed by atoms with van der Waals surface area (Å²) in [5.41, 5.74) is 3.25. The Kier molecular flexibility index (Phi) is 8.82. The van der Waals surface area contributed by atoms with E-state index in [1.807, 2.05) is 0 Å². The monoisotopic (exact) mass is 565 g/mol. The summed E-state index contributed by atoms with van der Waals surface area (Å²) in [7, 11) is 1.73. The maximum absolute atomic E-state index is 12.1. The van der Waals surface area contributed by atoms with Crippen molar-refractivity contribution < 1.29 is 44.2 Å². The topological polar surface area (TPSA) is 150 Å². The molecule has 0 aromatic carbocycles. The van der Waals surface area contributed by atoms with Gasteiger partial charge in [-0.3, -0.25) is 4.79 Å². The van der Waals surface area contributed by atoms with Crippen molar-refractivity contribution in [2.75, 3.05) is 26.9 Å². The third kappa shape index (κ3) is 5.54. The molecule has 0 radical (unpaired) electrons. The summed E-state index contributed by atoms with van der Waals surface area (Å²) >= 11 is 0. The van der Waals surface area contributed by atoms with Gasteiger partial charge in [-0.15, -0.1) is 0 Å². The van der Waals surface area contributed by atoms with Gasteiger partial charge in [-0.1, -0.05) is 44.9 Å². The van der Waals surface area contributed by atoms with E-state index in [-0.39, 0.29) is 35.6 Å². The van der Waals surface area contributed by atoms with Gasteiger partial charge < -0.3 is 44.7 Å². The van der Waals surface area contributed by atoms with Crippen LogP contribution in [0.15, 0.2) is 22.8 Å². The molecule has 4 unspecified atom stereocenters. The van der Waals surface area contributed by atoms with Gasteiger partial charge in [-0.05, 0) is 49.0 Å². The smallest absolute Gasteiger partial charge is 0.251 e. The van der Waals surface area contributed by atoms with Gasteiger partial charge in [0.15, 0.2) is 12.4 Å². The van der Waals surface area contributed by atoms with Crippen molar-refractivity contribution in [2.24, 2.45) is 29.1 Å². The van der Waals surface area contributed by atoms with E-state index in [1.165, 1.54) is 11.1 Å². The van der Waals surface area contributed by atoms with Gasteiger partial charge in [0.05, 0.1) is 19.3 Å². The average Bonchev–Trinajstić information content (AvgIpc) is 3.63. The molecule has 10 heteroatoms. The second-order valence-corrected chi connectivity index (χ2v) is 13.0. The molecule has 2 saturated heterocycles. The molecule has 40 heavy (non-hydrogen) atoms. The van der Waals surface area contributed by atoms with Crippen LogP contribution in [0.4, 0.5) is 0 Å². The van der Waals surface area contributed by atoms with Crippen molar-refractivity contribution in [3.8, 4) is 0 Å². The summed E-state index contributed by atoms with van der Waals surface area (Å²) in [6.07, 6.45) is -2.89. The van der Waals surface area contributed by atoms with Gasteiger partial charge in [0.25, 0.3) is 5.91 Å². The molecule has 1 saturated carbocycles. The number of epoxide rings is 1. The number of carbonyl (C=O) groups excluding carboxylic acids is 1. The van der Waals surface area contributed by atoms with Crippen molar-refractivity contribution >= 4 is 5.91 Å². The Labute approximate surface area is 236 Å². The van der Waals surface area contributed by atoms with Crippen LogP contribution < -0.4 is 5.32 Å². The number of fused-ring (bicyclic) bond motifs is 2. The average molecular weight is 566 g/mol. The Balaban J connectivity index is 1.47. The fourth-order valence-corrected chi connectivity index (χ4v) is 7.53. The number of carbonyl (C=O) groups is 1. The molecule has 10 nitrogen and oxygen atoms in total. The molecule has 2 aliphatic heterocycles. The molecule has 12 atom stereocenters.